The molecule has 1 aromatic carbocycles. The molecule has 7 heteroatoms. The van der Waals surface area contributed by atoms with Crippen molar-refractivity contribution in [2.24, 2.45) is 0 Å². The fraction of sp³-hybridized carbons (Fsp3) is 0.538. The fourth-order valence-corrected chi connectivity index (χ4v) is 1.76. The molecular formula is C13H15F3O4. The highest BCUT2D eigenvalue weighted by atomic mass is 19.4. The molecule has 0 bridgehead atoms. The van der Waals surface area contributed by atoms with E-state index in [4.69, 9.17) is 18.9 Å². The van der Waals surface area contributed by atoms with Crippen LogP contribution in [0, 0.1) is 0 Å². The Balaban J connectivity index is 2.22. The van der Waals surface area contributed by atoms with E-state index in [0.717, 1.165) is 0 Å². The minimum Gasteiger partial charge on any atom is -0.493 e. The summed E-state index contributed by atoms with van der Waals surface area (Å²) in [6.07, 6.45) is -6.75. The molecule has 0 radical (unpaired) electrons. The molecule has 1 aliphatic rings. The summed E-state index contributed by atoms with van der Waals surface area (Å²) in [5.74, 6) is 0.591. The van der Waals surface area contributed by atoms with Crippen molar-refractivity contribution in [3.63, 3.8) is 0 Å². The van der Waals surface area contributed by atoms with Crippen molar-refractivity contribution in [2.75, 3.05) is 27.4 Å². The number of ether oxygens (including phenoxy) is 4. The second-order valence-electron chi connectivity index (χ2n) is 4.32. The number of methoxy groups -OCH3 is 2. The molecule has 1 heterocycles. The number of alkyl halides is 3. The van der Waals surface area contributed by atoms with E-state index in [2.05, 4.69) is 0 Å². The van der Waals surface area contributed by atoms with Crippen LogP contribution in [0.5, 0.6) is 11.5 Å². The van der Waals surface area contributed by atoms with Crippen LogP contribution in [0.1, 0.15) is 11.7 Å². The minimum absolute atomic E-state index is 0.0317. The Kier molecular flexibility index (Phi) is 4.39. The van der Waals surface area contributed by atoms with E-state index in [0.29, 0.717) is 12.4 Å². The first kappa shape index (κ1) is 14.9. The lowest BCUT2D eigenvalue weighted by Crippen LogP contribution is -2.25. The molecule has 0 unspecified atom stereocenters. The van der Waals surface area contributed by atoms with E-state index in [9.17, 15) is 13.2 Å². The Morgan fingerprint density at radius 2 is 1.90 bits per heavy atom. The van der Waals surface area contributed by atoms with Crippen LogP contribution >= 0.6 is 0 Å². The molecule has 1 aromatic rings. The van der Waals surface area contributed by atoms with Gasteiger partial charge in [-0.2, -0.15) is 13.2 Å². The highest BCUT2D eigenvalue weighted by Gasteiger charge is 2.43. The van der Waals surface area contributed by atoms with Gasteiger partial charge in [0.2, 0.25) is 0 Å². The summed E-state index contributed by atoms with van der Waals surface area (Å²) in [5, 5.41) is 0. The predicted octanol–water partition coefficient (Wildman–Crippen LogP) is 2.72. The molecule has 0 amide bonds. The molecule has 2 atom stereocenters. The summed E-state index contributed by atoms with van der Waals surface area (Å²) in [5.41, 5.74) is -0.0317. The lowest BCUT2D eigenvalue weighted by Gasteiger charge is -2.21. The van der Waals surface area contributed by atoms with E-state index in [1.54, 1.807) is 0 Å². The third-order valence-corrected chi connectivity index (χ3v) is 2.86. The Hall–Kier alpha value is -1.47. The second kappa shape index (κ2) is 5.88. The summed E-state index contributed by atoms with van der Waals surface area (Å²) in [6.45, 7) is 0.356. The molecule has 112 valence electrons. The first-order valence-electron chi connectivity index (χ1n) is 5.97. The third kappa shape index (κ3) is 3.55. The lowest BCUT2D eigenvalue weighted by atomic mass is 10.1. The summed E-state index contributed by atoms with van der Waals surface area (Å²) in [4.78, 5) is 0. The van der Waals surface area contributed by atoms with E-state index >= 15 is 0 Å². The maximum atomic E-state index is 13.1. The zero-order chi connectivity index (χ0) is 14.8. The molecule has 0 saturated carbocycles. The minimum atomic E-state index is -4.51. The molecule has 20 heavy (non-hydrogen) atoms. The lowest BCUT2D eigenvalue weighted by molar-refractivity contribution is -0.224. The van der Waals surface area contributed by atoms with Gasteiger partial charge in [-0.3, -0.25) is 0 Å². The van der Waals surface area contributed by atoms with Gasteiger partial charge in [-0.05, 0) is 17.7 Å². The van der Waals surface area contributed by atoms with Crippen molar-refractivity contribution in [1.82, 2.24) is 0 Å². The van der Waals surface area contributed by atoms with Gasteiger partial charge in [-0.1, -0.05) is 6.07 Å². The Morgan fingerprint density at radius 1 is 1.25 bits per heavy atom. The van der Waals surface area contributed by atoms with Gasteiger partial charge in [0.15, 0.2) is 17.6 Å². The van der Waals surface area contributed by atoms with Crippen LogP contribution < -0.4 is 9.47 Å². The number of rotatable bonds is 6. The molecule has 1 aliphatic heterocycles. The molecule has 0 aliphatic carbocycles. The average Bonchev–Trinajstić information content (AvgIpc) is 3.21. The van der Waals surface area contributed by atoms with Crippen molar-refractivity contribution in [3.05, 3.63) is 23.8 Å². The molecule has 0 spiro atoms. The van der Waals surface area contributed by atoms with Crippen molar-refractivity contribution in [1.29, 1.82) is 0 Å². The van der Waals surface area contributed by atoms with E-state index < -0.39 is 12.3 Å². The SMILES string of the molecule is COc1ccc([C@H](OC[C@@H]2CO2)C(F)(F)F)cc1OC. The first-order chi connectivity index (χ1) is 9.45. The van der Waals surface area contributed by atoms with Gasteiger partial charge >= 0.3 is 6.18 Å². The van der Waals surface area contributed by atoms with Gasteiger partial charge in [0.05, 0.1) is 27.4 Å². The molecule has 4 nitrogen and oxygen atoms in total. The van der Waals surface area contributed by atoms with E-state index in [1.807, 2.05) is 0 Å². The van der Waals surface area contributed by atoms with Crippen LogP contribution in [0.3, 0.4) is 0 Å². The average molecular weight is 292 g/mol. The van der Waals surface area contributed by atoms with Crippen molar-refractivity contribution in [3.8, 4) is 11.5 Å². The smallest absolute Gasteiger partial charge is 0.418 e. The van der Waals surface area contributed by atoms with Crippen molar-refractivity contribution in [2.45, 2.75) is 18.4 Å². The zero-order valence-corrected chi connectivity index (χ0v) is 11.1. The zero-order valence-electron chi connectivity index (χ0n) is 11.1. The van der Waals surface area contributed by atoms with Gasteiger partial charge in [0.1, 0.15) is 6.10 Å². The standard InChI is InChI=1S/C13H15F3O4/c1-17-10-4-3-8(5-11(10)18-2)12(13(14,15)16)20-7-9-6-19-9/h3-5,9,12H,6-7H2,1-2H3/t9-,12-/m0/s1. The molecule has 2 rings (SSSR count). The maximum absolute atomic E-state index is 13.1. The van der Waals surface area contributed by atoms with Crippen molar-refractivity contribution < 1.29 is 32.1 Å². The highest BCUT2D eigenvalue weighted by Crippen LogP contribution is 2.39. The monoisotopic (exact) mass is 292 g/mol. The summed E-state index contributed by atoms with van der Waals surface area (Å²) >= 11 is 0. The first-order valence-corrected chi connectivity index (χ1v) is 5.97. The van der Waals surface area contributed by atoms with Crippen LogP contribution in [0.15, 0.2) is 18.2 Å². The van der Waals surface area contributed by atoms with Crippen LogP contribution in [0.25, 0.3) is 0 Å². The molecule has 1 fully saturated rings. The third-order valence-electron chi connectivity index (χ3n) is 2.86. The topological polar surface area (TPSA) is 40.2 Å². The summed E-state index contributed by atoms with van der Waals surface area (Å²) in [6, 6.07) is 4.00. The van der Waals surface area contributed by atoms with Crippen LogP contribution in [0.4, 0.5) is 13.2 Å². The molecule has 0 aromatic heterocycles. The van der Waals surface area contributed by atoms with Crippen LogP contribution in [0.2, 0.25) is 0 Å². The fourth-order valence-electron chi connectivity index (χ4n) is 1.76. The van der Waals surface area contributed by atoms with Crippen LogP contribution in [-0.4, -0.2) is 39.7 Å². The normalized spacial score (nSPS) is 19.6. The maximum Gasteiger partial charge on any atom is 0.418 e. The number of hydrogen-bond acceptors (Lipinski definition) is 4. The van der Waals surface area contributed by atoms with Gasteiger partial charge in [-0.15, -0.1) is 0 Å². The molecular weight excluding hydrogens is 277 g/mol. The number of halogens is 3. The van der Waals surface area contributed by atoms with E-state index in [-0.39, 0.29) is 24.0 Å². The summed E-state index contributed by atoms with van der Waals surface area (Å²) < 4.78 is 59.0. The Labute approximate surface area is 114 Å². The highest BCUT2D eigenvalue weighted by molar-refractivity contribution is 5.43. The number of hydrogen-bond donors (Lipinski definition) is 0. The number of epoxide rings is 1. The van der Waals surface area contributed by atoms with Crippen LogP contribution in [-0.2, 0) is 9.47 Å². The summed E-state index contributed by atoms with van der Waals surface area (Å²) in [7, 11) is 2.78. The van der Waals surface area contributed by atoms with Gasteiger partial charge in [0.25, 0.3) is 0 Å². The Morgan fingerprint density at radius 3 is 2.40 bits per heavy atom. The largest absolute Gasteiger partial charge is 0.493 e. The van der Waals surface area contributed by atoms with Gasteiger partial charge < -0.3 is 18.9 Å². The molecule has 0 N–H and O–H groups in total. The predicted molar refractivity (Wildman–Crippen MR) is 64.0 cm³/mol. The van der Waals surface area contributed by atoms with Gasteiger partial charge in [0, 0.05) is 0 Å². The Bertz CT molecular complexity index is 457. The quantitative estimate of drug-likeness (QED) is 0.756. The van der Waals surface area contributed by atoms with E-state index in [1.165, 1.54) is 32.4 Å². The number of benzene rings is 1. The molecule has 1 saturated heterocycles. The second-order valence-corrected chi connectivity index (χ2v) is 4.32. The van der Waals surface area contributed by atoms with Gasteiger partial charge in [-0.25, -0.2) is 0 Å². The van der Waals surface area contributed by atoms with Crippen molar-refractivity contribution >= 4 is 0 Å².